The van der Waals surface area contributed by atoms with Crippen LogP contribution in [0.3, 0.4) is 0 Å². The number of benzene rings is 1. The van der Waals surface area contributed by atoms with Gasteiger partial charge in [-0.05, 0) is 36.3 Å². The molecule has 4 nitrogen and oxygen atoms in total. The number of halogens is 4. The zero-order valence-corrected chi connectivity index (χ0v) is 14.6. The molecule has 0 fully saturated rings. The van der Waals surface area contributed by atoms with Gasteiger partial charge in [-0.1, -0.05) is 0 Å². The second-order valence-corrected chi connectivity index (χ2v) is 7.01. The Kier molecular flexibility index (Phi) is 5.79. The zero-order chi connectivity index (χ0) is 18.8. The van der Waals surface area contributed by atoms with Gasteiger partial charge >= 0.3 is 6.18 Å². The molecule has 0 aliphatic heterocycles. The molecule has 1 atom stereocenters. The topological polar surface area (TPSA) is 54.5 Å². The Balaban J connectivity index is 2.47. The molecule has 1 N–H and O–H groups in total. The number of aliphatic imine (C=N–C) groups is 1. The number of aryl methyl sites for hydroxylation is 1. The van der Waals surface area contributed by atoms with Crippen molar-refractivity contribution in [1.29, 1.82) is 0 Å². The van der Waals surface area contributed by atoms with Gasteiger partial charge in [0.1, 0.15) is 11.5 Å². The summed E-state index contributed by atoms with van der Waals surface area (Å²) in [5, 5.41) is 0. The average molecular weight is 375 g/mol. The van der Waals surface area contributed by atoms with Crippen LogP contribution in [0.15, 0.2) is 40.4 Å². The maximum Gasteiger partial charge on any atom is 0.433 e. The molecular weight excluding hydrogens is 358 g/mol. The Morgan fingerprint density at radius 3 is 2.52 bits per heavy atom. The van der Waals surface area contributed by atoms with Gasteiger partial charge < -0.3 is 14.4 Å². The first-order chi connectivity index (χ1) is 11.6. The van der Waals surface area contributed by atoms with Crippen molar-refractivity contribution >= 4 is 22.7 Å². The molecule has 0 amide bonds. The van der Waals surface area contributed by atoms with Crippen molar-refractivity contribution in [3.8, 4) is 0 Å². The number of amidine groups is 1. The second-order valence-electron chi connectivity index (χ2n) is 5.59. The highest BCUT2D eigenvalue weighted by Crippen LogP contribution is 2.30. The molecule has 25 heavy (non-hydrogen) atoms. The SMILES string of the molecule is Cc1cc(F)c(/N=C(\c2ccc[nH]2)N(C)C)cc1[S+]([O-])CC(F)(F)F. The number of hydrogen-bond acceptors (Lipinski definition) is 2. The van der Waals surface area contributed by atoms with E-state index in [2.05, 4.69) is 9.98 Å². The van der Waals surface area contributed by atoms with Crippen molar-refractivity contribution in [3.63, 3.8) is 0 Å². The second kappa shape index (κ2) is 7.49. The molecule has 1 aromatic heterocycles. The molecule has 1 heterocycles. The van der Waals surface area contributed by atoms with Crippen molar-refractivity contribution in [2.24, 2.45) is 4.99 Å². The molecule has 0 saturated carbocycles. The zero-order valence-electron chi connectivity index (χ0n) is 13.8. The fourth-order valence-corrected chi connectivity index (χ4v) is 3.30. The smallest absolute Gasteiger partial charge is 0.433 e. The number of rotatable bonds is 4. The summed E-state index contributed by atoms with van der Waals surface area (Å²) in [5.74, 6) is -1.80. The van der Waals surface area contributed by atoms with Crippen LogP contribution in [0.4, 0.5) is 23.2 Å². The molecule has 9 heteroatoms. The molecule has 2 rings (SSSR count). The molecule has 0 aliphatic carbocycles. The molecule has 0 aliphatic rings. The first-order valence-electron chi connectivity index (χ1n) is 7.23. The molecule has 1 unspecified atom stereocenters. The van der Waals surface area contributed by atoms with Crippen molar-refractivity contribution in [3.05, 3.63) is 47.5 Å². The van der Waals surface area contributed by atoms with E-state index in [1.54, 1.807) is 37.3 Å². The van der Waals surface area contributed by atoms with E-state index >= 15 is 0 Å². The van der Waals surface area contributed by atoms with E-state index in [1.807, 2.05) is 0 Å². The lowest BCUT2D eigenvalue weighted by Gasteiger charge is -2.17. The lowest BCUT2D eigenvalue weighted by atomic mass is 10.2. The molecule has 0 saturated heterocycles. The fraction of sp³-hybridized carbons (Fsp3) is 0.312. The monoisotopic (exact) mass is 375 g/mol. The van der Waals surface area contributed by atoms with Crippen LogP contribution in [0.5, 0.6) is 0 Å². The Labute approximate surface area is 145 Å². The van der Waals surface area contributed by atoms with Gasteiger partial charge in [-0.2, -0.15) is 13.2 Å². The van der Waals surface area contributed by atoms with E-state index in [4.69, 9.17) is 0 Å². The van der Waals surface area contributed by atoms with Gasteiger partial charge in [0, 0.05) is 31.9 Å². The Morgan fingerprint density at radius 1 is 1.32 bits per heavy atom. The van der Waals surface area contributed by atoms with Crippen LogP contribution in [0.1, 0.15) is 11.3 Å². The summed E-state index contributed by atoms with van der Waals surface area (Å²) in [6, 6.07) is 5.63. The molecule has 0 radical (unpaired) electrons. The quantitative estimate of drug-likeness (QED) is 0.383. The van der Waals surface area contributed by atoms with Crippen LogP contribution in [-0.2, 0) is 11.2 Å². The minimum Gasteiger partial charge on any atom is -0.611 e. The predicted octanol–water partition coefficient (Wildman–Crippen LogP) is 3.77. The number of H-pyrrole nitrogens is 1. The summed E-state index contributed by atoms with van der Waals surface area (Å²) in [6.45, 7) is 1.41. The normalized spacial score (nSPS) is 13.8. The Bertz CT molecular complexity index is 757. The summed E-state index contributed by atoms with van der Waals surface area (Å²) in [7, 11) is 3.41. The number of nitrogens with zero attached hydrogens (tertiary/aromatic N) is 2. The third kappa shape index (κ3) is 4.99. The van der Waals surface area contributed by atoms with Crippen LogP contribution in [0.2, 0.25) is 0 Å². The standard InChI is InChI=1S/C16H17F4N3OS/c1-10-7-11(17)13(8-14(10)25(24)9-16(18,19)20)22-15(23(2)3)12-5-4-6-21-12/h4-8,21H,9H2,1-3H3/b22-15+. The van der Waals surface area contributed by atoms with E-state index in [0.29, 0.717) is 11.5 Å². The van der Waals surface area contributed by atoms with Crippen molar-refractivity contribution in [1.82, 2.24) is 9.88 Å². The van der Waals surface area contributed by atoms with Crippen LogP contribution < -0.4 is 0 Å². The van der Waals surface area contributed by atoms with Crippen LogP contribution in [0.25, 0.3) is 0 Å². The molecule has 0 spiro atoms. The maximum absolute atomic E-state index is 14.2. The third-order valence-electron chi connectivity index (χ3n) is 3.27. The van der Waals surface area contributed by atoms with Gasteiger partial charge in [-0.3, -0.25) is 0 Å². The Morgan fingerprint density at radius 2 is 2.00 bits per heavy atom. The summed E-state index contributed by atoms with van der Waals surface area (Å²) >= 11 is -2.33. The molecule has 2 aromatic rings. The number of aromatic amines is 1. The van der Waals surface area contributed by atoms with E-state index in [-0.39, 0.29) is 16.1 Å². The van der Waals surface area contributed by atoms with Crippen molar-refractivity contribution < 1.29 is 22.1 Å². The highest BCUT2D eigenvalue weighted by Gasteiger charge is 2.36. The number of alkyl halides is 3. The van der Waals surface area contributed by atoms with Gasteiger partial charge in [-0.25, -0.2) is 9.38 Å². The highest BCUT2D eigenvalue weighted by molar-refractivity contribution is 7.91. The molecule has 136 valence electrons. The summed E-state index contributed by atoms with van der Waals surface area (Å²) in [6.07, 6.45) is -2.90. The van der Waals surface area contributed by atoms with E-state index in [1.165, 1.54) is 6.92 Å². The van der Waals surface area contributed by atoms with E-state index in [0.717, 1.165) is 12.1 Å². The van der Waals surface area contributed by atoms with Gasteiger partial charge in [0.15, 0.2) is 10.7 Å². The van der Waals surface area contributed by atoms with Crippen LogP contribution >= 0.6 is 0 Å². The minimum absolute atomic E-state index is 0.0814. The summed E-state index contributed by atoms with van der Waals surface area (Å²) < 4.78 is 63.7. The van der Waals surface area contributed by atoms with E-state index < -0.39 is 28.9 Å². The van der Waals surface area contributed by atoms with Crippen molar-refractivity contribution in [2.75, 3.05) is 19.8 Å². The van der Waals surface area contributed by atoms with E-state index in [9.17, 15) is 22.1 Å². The summed E-state index contributed by atoms with van der Waals surface area (Å²) in [5.41, 5.74) is 0.627. The number of hydrogen-bond donors (Lipinski definition) is 1. The van der Waals surface area contributed by atoms with Gasteiger partial charge in [0.2, 0.25) is 5.75 Å². The first-order valence-corrected chi connectivity index (χ1v) is 8.55. The number of nitrogens with one attached hydrogen (secondary N) is 1. The lowest BCUT2D eigenvalue weighted by Crippen LogP contribution is -2.24. The van der Waals surface area contributed by atoms with Gasteiger partial charge in [-0.15, -0.1) is 0 Å². The highest BCUT2D eigenvalue weighted by atomic mass is 32.2. The average Bonchev–Trinajstić information content (AvgIpc) is 2.97. The maximum atomic E-state index is 14.2. The fourth-order valence-electron chi connectivity index (χ4n) is 2.18. The van der Waals surface area contributed by atoms with Gasteiger partial charge in [0.25, 0.3) is 0 Å². The number of aromatic nitrogens is 1. The molecule has 0 bridgehead atoms. The predicted molar refractivity (Wildman–Crippen MR) is 89.1 cm³/mol. The largest absolute Gasteiger partial charge is 0.611 e. The van der Waals surface area contributed by atoms with Gasteiger partial charge in [0.05, 0.1) is 5.69 Å². The third-order valence-corrected chi connectivity index (χ3v) is 4.79. The molecular formula is C16H17F4N3OS. The lowest BCUT2D eigenvalue weighted by molar-refractivity contribution is -0.106. The van der Waals surface area contributed by atoms with Crippen LogP contribution in [0, 0.1) is 12.7 Å². The first kappa shape index (κ1) is 19.3. The minimum atomic E-state index is -4.58. The molecule has 1 aromatic carbocycles. The van der Waals surface area contributed by atoms with Crippen LogP contribution in [-0.4, -0.2) is 46.3 Å². The summed E-state index contributed by atoms with van der Waals surface area (Å²) in [4.78, 5) is 8.69. The Hall–Kier alpha value is -2.00. The van der Waals surface area contributed by atoms with Crippen molar-refractivity contribution in [2.45, 2.75) is 18.0 Å².